The fraction of sp³-hybridized carbons (Fsp3) is 0.280. The van der Waals surface area contributed by atoms with Crippen LogP contribution in [-0.4, -0.2) is 51.4 Å². The van der Waals surface area contributed by atoms with Gasteiger partial charge in [-0.2, -0.15) is 0 Å². The number of rotatable bonds is 7. The summed E-state index contributed by atoms with van der Waals surface area (Å²) < 4.78 is 5.08. The van der Waals surface area contributed by atoms with Gasteiger partial charge in [0.25, 0.3) is 0 Å². The van der Waals surface area contributed by atoms with Crippen LogP contribution < -0.4 is 9.64 Å². The molecule has 0 fully saturated rings. The van der Waals surface area contributed by atoms with Gasteiger partial charge in [-0.15, -0.1) is 0 Å². The van der Waals surface area contributed by atoms with Gasteiger partial charge in [-0.3, -0.25) is 14.8 Å². The SMILES string of the molecule is COc1ccc(CC(=O)CN(C)c2nc(-c3cc4ncccc4cn3)nc3c2CCC3)cn1. The van der Waals surface area contributed by atoms with Crippen LogP contribution in [0.5, 0.6) is 5.88 Å². The number of Topliss-reactive ketones (excluding diaryl/α,β-unsaturated/α-hetero) is 1. The molecule has 0 saturated carbocycles. The topological polar surface area (TPSA) is 94.0 Å². The molecule has 166 valence electrons. The van der Waals surface area contributed by atoms with Crippen LogP contribution in [0.3, 0.4) is 0 Å². The number of ketones is 1. The molecule has 0 spiro atoms. The Bertz CT molecular complexity index is 1320. The molecule has 4 aromatic heterocycles. The first-order valence-corrected chi connectivity index (χ1v) is 10.9. The fourth-order valence-corrected chi connectivity index (χ4v) is 4.19. The fourth-order valence-electron chi connectivity index (χ4n) is 4.19. The van der Waals surface area contributed by atoms with Gasteiger partial charge >= 0.3 is 0 Å². The second-order valence-electron chi connectivity index (χ2n) is 8.20. The number of fused-ring (bicyclic) bond motifs is 2. The van der Waals surface area contributed by atoms with Crippen LogP contribution >= 0.6 is 0 Å². The predicted molar refractivity (Wildman–Crippen MR) is 125 cm³/mol. The Morgan fingerprint density at radius 3 is 2.82 bits per heavy atom. The van der Waals surface area contributed by atoms with Crippen molar-refractivity contribution in [3.05, 3.63) is 65.7 Å². The van der Waals surface area contributed by atoms with Crippen LogP contribution in [0.25, 0.3) is 22.4 Å². The molecule has 1 aliphatic carbocycles. The monoisotopic (exact) mass is 440 g/mol. The predicted octanol–water partition coefficient (Wildman–Crippen LogP) is 3.23. The van der Waals surface area contributed by atoms with Crippen LogP contribution in [0.4, 0.5) is 5.82 Å². The van der Waals surface area contributed by atoms with Crippen molar-refractivity contribution in [1.82, 2.24) is 24.9 Å². The number of carbonyl (C=O) groups excluding carboxylic acids is 1. The number of hydrogen-bond acceptors (Lipinski definition) is 8. The molecule has 0 atom stereocenters. The van der Waals surface area contributed by atoms with E-state index < -0.39 is 0 Å². The molecule has 33 heavy (non-hydrogen) atoms. The van der Waals surface area contributed by atoms with Gasteiger partial charge in [-0.1, -0.05) is 6.07 Å². The lowest BCUT2D eigenvalue weighted by atomic mass is 10.1. The maximum atomic E-state index is 12.8. The second-order valence-corrected chi connectivity index (χ2v) is 8.20. The molecular formula is C25H24N6O2. The molecule has 0 radical (unpaired) electrons. The number of ether oxygens (including phenoxy) is 1. The Balaban J connectivity index is 1.40. The average molecular weight is 441 g/mol. The molecule has 0 unspecified atom stereocenters. The lowest BCUT2D eigenvalue weighted by Crippen LogP contribution is -2.28. The first-order chi connectivity index (χ1) is 16.1. The largest absolute Gasteiger partial charge is 0.481 e. The highest BCUT2D eigenvalue weighted by Crippen LogP contribution is 2.31. The number of aromatic nitrogens is 5. The number of pyridine rings is 3. The van der Waals surface area contributed by atoms with Crippen molar-refractivity contribution in [2.24, 2.45) is 0 Å². The maximum absolute atomic E-state index is 12.8. The Labute approximate surface area is 191 Å². The van der Waals surface area contributed by atoms with Crippen molar-refractivity contribution in [2.75, 3.05) is 25.6 Å². The van der Waals surface area contributed by atoms with Crippen molar-refractivity contribution >= 4 is 22.5 Å². The summed E-state index contributed by atoms with van der Waals surface area (Å²) in [6, 6.07) is 9.41. The lowest BCUT2D eigenvalue weighted by molar-refractivity contribution is -0.117. The van der Waals surface area contributed by atoms with Gasteiger partial charge in [-0.25, -0.2) is 15.0 Å². The summed E-state index contributed by atoms with van der Waals surface area (Å²) in [4.78, 5) is 37.5. The summed E-state index contributed by atoms with van der Waals surface area (Å²) >= 11 is 0. The van der Waals surface area contributed by atoms with E-state index in [2.05, 4.69) is 15.0 Å². The molecule has 0 bridgehead atoms. The first kappa shape index (κ1) is 20.9. The average Bonchev–Trinajstić information content (AvgIpc) is 3.32. The molecular weight excluding hydrogens is 416 g/mol. The van der Waals surface area contributed by atoms with E-state index in [1.807, 2.05) is 36.2 Å². The van der Waals surface area contributed by atoms with Gasteiger partial charge in [-0.05, 0) is 43.0 Å². The van der Waals surface area contributed by atoms with E-state index in [1.54, 1.807) is 31.8 Å². The molecule has 0 N–H and O–H groups in total. The van der Waals surface area contributed by atoms with E-state index in [-0.39, 0.29) is 12.3 Å². The van der Waals surface area contributed by atoms with Crippen molar-refractivity contribution in [1.29, 1.82) is 0 Å². The molecule has 8 nitrogen and oxygen atoms in total. The zero-order valence-corrected chi connectivity index (χ0v) is 18.7. The van der Waals surface area contributed by atoms with E-state index >= 15 is 0 Å². The summed E-state index contributed by atoms with van der Waals surface area (Å²) in [6.07, 6.45) is 8.40. The highest BCUT2D eigenvalue weighted by Gasteiger charge is 2.23. The number of methoxy groups -OCH3 is 1. The number of hydrogen-bond donors (Lipinski definition) is 0. The Morgan fingerprint density at radius 2 is 2.00 bits per heavy atom. The van der Waals surface area contributed by atoms with Gasteiger partial charge in [0.15, 0.2) is 11.6 Å². The highest BCUT2D eigenvalue weighted by molar-refractivity contribution is 5.85. The standard InChI is InChI=1S/C25H24N6O2/c1-31(15-18(32)11-16-8-9-23(33-2)28-13-16)25-19-6-3-7-20(19)29-24(30-25)22-12-21-17(14-27-22)5-4-10-26-21/h4-5,8-10,12-14H,3,6-7,11,15H2,1-2H3. The van der Waals surface area contributed by atoms with Crippen molar-refractivity contribution < 1.29 is 9.53 Å². The lowest BCUT2D eigenvalue weighted by Gasteiger charge is -2.21. The summed E-state index contributed by atoms with van der Waals surface area (Å²) in [7, 11) is 3.48. The summed E-state index contributed by atoms with van der Waals surface area (Å²) in [5.74, 6) is 1.99. The molecule has 0 aliphatic heterocycles. The zero-order valence-electron chi connectivity index (χ0n) is 18.7. The third kappa shape index (κ3) is 4.37. The van der Waals surface area contributed by atoms with Crippen LogP contribution in [-0.2, 0) is 24.1 Å². The first-order valence-electron chi connectivity index (χ1n) is 10.9. The second kappa shape index (κ2) is 8.90. The molecule has 5 rings (SSSR count). The Kier molecular flexibility index (Phi) is 5.64. The molecule has 8 heteroatoms. The molecule has 4 heterocycles. The zero-order chi connectivity index (χ0) is 22.8. The van der Waals surface area contributed by atoms with E-state index in [9.17, 15) is 4.79 Å². The van der Waals surface area contributed by atoms with Crippen molar-refractivity contribution in [2.45, 2.75) is 25.7 Å². The molecule has 1 aliphatic rings. The van der Waals surface area contributed by atoms with Crippen molar-refractivity contribution in [3.63, 3.8) is 0 Å². The summed E-state index contributed by atoms with van der Waals surface area (Å²) in [5.41, 5.74) is 4.55. The van der Waals surface area contributed by atoms with Gasteiger partial charge in [0.05, 0.1) is 19.2 Å². The Hall–Kier alpha value is -3.94. The van der Waals surface area contributed by atoms with Gasteiger partial charge in [0.1, 0.15) is 11.5 Å². The number of carbonyl (C=O) groups is 1. The van der Waals surface area contributed by atoms with Gasteiger partial charge in [0.2, 0.25) is 5.88 Å². The smallest absolute Gasteiger partial charge is 0.212 e. The molecule has 0 saturated heterocycles. The summed E-state index contributed by atoms with van der Waals surface area (Å²) in [5, 5.41) is 0.971. The van der Waals surface area contributed by atoms with E-state index in [4.69, 9.17) is 14.7 Å². The molecule has 4 aromatic rings. The highest BCUT2D eigenvalue weighted by atomic mass is 16.5. The van der Waals surface area contributed by atoms with Gasteiger partial charge < -0.3 is 9.64 Å². The molecule has 0 amide bonds. The number of likely N-dealkylation sites (N-methyl/N-ethyl adjacent to an activating group) is 1. The third-order valence-electron chi connectivity index (χ3n) is 5.81. The maximum Gasteiger partial charge on any atom is 0.212 e. The molecule has 0 aromatic carbocycles. The minimum Gasteiger partial charge on any atom is -0.481 e. The third-order valence-corrected chi connectivity index (χ3v) is 5.81. The van der Waals surface area contributed by atoms with Gasteiger partial charge in [0, 0.05) is 54.8 Å². The van der Waals surface area contributed by atoms with E-state index in [0.717, 1.165) is 52.8 Å². The van der Waals surface area contributed by atoms with Crippen LogP contribution in [0, 0.1) is 0 Å². The minimum atomic E-state index is 0.0874. The van der Waals surface area contributed by atoms with Crippen LogP contribution in [0.2, 0.25) is 0 Å². The minimum absolute atomic E-state index is 0.0874. The van der Waals surface area contributed by atoms with Crippen LogP contribution in [0.1, 0.15) is 23.2 Å². The van der Waals surface area contributed by atoms with Crippen LogP contribution in [0.15, 0.2) is 48.9 Å². The summed E-state index contributed by atoms with van der Waals surface area (Å²) in [6.45, 7) is 0.252. The Morgan fingerprint density at radius 1 is 1.09 bits per heavy atom. The van der Waals surface area contributed by atoms with Crippen molar-refractivity contribution in [3.8, 4) is 17.4 Å². The number of aryl methyl sites for hydroxylation is 1. The van der Waals surface area contributed by atoms with E-state index in [0.29, 0.717) is 23.8 Å². The number of nitrogens with zero attached hydrogens (tertiary/aromatic N) is 6. The normalized spacial score (nSPS) is 12.5. The van der Waals surface area contributed by atoms with E-state index in [1.165, 1.54) is 0 Å². The number of anilines is 1. The quantitative estimate of drug-likeness (QED) is 0.432.